The number of esters is 2. The maximum absolute atomic E-state index is 11.9. The lowest BCUT2D eigenvalue weighted by atomic mass is 9.87. The van der Waals surface area contributed by atoms with E-state index in [2.05, 4.69) is 22.9 Å². The Labute approximate surface area is 179 Å². The molecule has 0 radical (unpaired) electrons. The summed E-state index contributed by atoms with van der Waals surface area (Å²) in [5.41, 5.74) is 0. The third-order valence-corrected chi connectivity index (χ3v) is 6.03. The number of halogens is 1. The maximum Gasteiger partial charge on any atom is 0.422 e. The molecule has 2 aliphatic rings. The van der Waals surface area contributed by atoms with E-state index >= 15 is 0 Å². The average molecular weight is 470 g/mol. The lowest BCUT2D eigenvalue weighted by Crippen LogP contribution is -2.65. The van der Waals surface area contributed by atoms with Crippen LogP contribution in [0, 0.1) is 5.92 Å². The Balaban J connectivity index is 1.68. The summed E-state index contributed by atoms with van der Waals surface area (Å²) in [6.45, 7) is 3.95. The van der Waals surface area contributed by atoms with Crippen LogP contribution in [-0.2, 0) is 23.8 Å². The van der Waals surface area contributed by atoms with E-state index in [-0.39, 0.29) is 5.92 Å². The summed E-state index contributed by atoms with van der Waals surface area (Å²) in [6.07, 6.45) is 4.02. The fourth-order valence-electron chi connectivity index (χ4n) is 4.04. The van der Waals surface area contributed by atoms with Gasteiger partial charge in [0.25, 0.3) is 0 Å². The van der Waals surface area contributed by atoms with Crippen molar-refractivity contribution in [2.75, 3.05) is 26.8 Å². The number of carbonyl (C=O) groups excluding carboxylic acids is 2. The lowest BCUT2D eigenvalue weighted by molar-refractivity contribution is -0.322. The minimum Gasteiger partial charge on any atom is -0.494 e. The first-order chi connectivity index (χ1) is 14.0. The SMILES string of the molecule is CCCCCN1CCC(CCOc2ccc(Br)cc2)C(OC)C12OC(=O)C(=O)O2. The first-order valence-corrected chi connectivity index (χ1v) is 10.9. The highest BCUT2D eigenvalue weighted by atomic mass is 79.9. The van der Waals surface area contributed by atoms with Crippen molar-refractivity contribution in [3.63, 3.8) is 0 Å². The summed E-state index contributed by atoms with van der Waals surface area (Å²) in [5, 5.41) is 0. The summed E-state index contributed by atoms with van der Waals surface area (Å²) in [5.74, 6) is -2.58. The lowest BCUT2D eigenvalue weighted by Gasteiger charge is -2.48. The standard InChI is InChI=1S/C21H28BrNO6/c1-3-4-5-12-23-13-10-15(11-14-27-17-8-6-16(22)7-9-17)18(26-2)21(23)28-19(24)20(25)29-21/h6-9,15,18H,3-5,10-14H2,1-2H3. The van der Waals surface area contributed by atoms with Gasteiger partial charge in [0.05, 0.1) is 6.61 Å². The molecular formula is C21H28BrNO6. The van der Waals surface area contributed by atoms with E-state index in [1.54, 1.807) is 7.11 Å². The number of hydrogen-bond donors (Lipinski definition) is 0. The molecule has 2 atom stereocenters. The van der Waals surface area contributed by atoms with Gasteiger partial charge in [-0.3, -0.25) is 0 Å². The Morgan fingerprint density at radius 2 is 1.86 bits per heavy atom. The minimum absolute atomic E-state index is 0.0246. The van der Waals surface area contributed by atoms with Crippen molar-refractivity contribution < 1.29 is 28.5 Å². The summed E-state index contributed by atoms with van der Waals surface area (Å²) in [7, 11) is 1.56. The second-order valence-corrected chi connectivity index (χ2v) is 8.32. The number of piperidine rings is 1. The van der Waals surface area contributed by atoms with E-state index in [9.17, 15) is 9.59 Å². The van der Waals surface area contributed by atoms with E-state index in [1.165, 1.54) is 0 Å². The maximum atomic E-state index is 11.9. The molecule has 2 unspecified atom stereocenters. The van der Waals surface area contributed by atoms with E-state index in [1.807, 2.05) is 29.2 Å². The molecule has 2 aliphatic heterocycles. The number of carbonyl (C=O) groups is 2. The number of rotatable bonds is 9. The van der Waals surface area contributed by atoms with Crippen LogP contribution in [0.3, 0.4) is 0 Å². The molecule has 8 heteroatoms. The van der Waals surface area contributed by atoms with E-state index < -0.39 is 24.0 Å². The highest BCUT2D eigenvalue weighted by molar-refractivity contribution is 9.10. The molecule has 2 fully saturated rings. The van der Waals surface area contributed by atoms with Gasteiger partial charge in [-0.15, -0.1) is 0 Å². The van der Waals surface area contributed by atoms with Crippen LogP contribution in [-0.4, -0.2) is 55.7 Å². The summed E-state index contributed by atoms with van der Waals surface area (Å²) >= 11 is 3.41. The molecule has 0 N–H and O–H groups in total. The van der Waals surface area contributed by atoms with Crippen LogP contribution in [0.5, 0.6) is 5.75 Å². The van der Waals surface area contributed by atoms with E-state index in [0.717, 1.165) is 35.9 Å². The summed E-state index contributed by atoms with van der Waals surface area (Å²) in [6, 6.07) is 7.65. The van der Waals surface area contributed by atoms with Crippen LogP contribution in [0.25, 0.3) is 0 Å². The Morgan fingerprint density at radius 3 is 2.48 bits per heavy atom. The van der Waals surface area contributed by atoms with Gasteiger partial charge in [0, 0.05) is 24.7 Å². The molecule has 1 aromatic carbocycles. The summed E-state index contributed by atoms with van der Waals surface area (Å²) in [4.78, 5) is 25.8. The van der Waals surface area contributed by atoms with Crippen molar-refractivity contribution in [3.8, 4) is 5.75 Å². The molecule has 0 aromatic heterocycles. The smallest absolute Gasteiger partial charge is 0.422 e. The van der Waals surface area contributed by atoms with Crippen LogP contribution in [0.4, 0.5) is 0 Å². The Morgan fingerprint density at radius 1 is 1.17 bits per heavy atom. The predicted molar refractivity (Wildman–Crippen MR) is 109 cm³/mol. The molecule has 29 heavy (non-hydrogen) atoms. The van der Waals surface area contributed by atoms with Crippen molar-refractivity contribution in [2.45, 2.75) is 51.0 Å². The second-order valence-electron chi connectivity index (χ2n) is 7.40. The zero-order valence-corrected chi connectivity index (χ0v) is 18.5. The molecule has 160 valence electrons. The van der Waals surface area contributed by atoms with Crippen LogP contribution in [0.15, 0.2) is 28.7 Å². The Hall–Kier alpha value is -1.64. The zero-order chi connectivity index (χ0) is 20.9. The van der Waals surface area contributed by atoms with Crippen LogP contribution in [0.1, 0.15) is 39.0 Å². The van der Waals surface area contributed by atoms with Gasteiger partial charge in [0.2, 0.25) is 0 Å². The van der Waals surface area contributed by atoms with Gasteiger partial charge >= 0.3 is 17.8 Å². The number of nitrogens with zero attached hydrogens (tertiary/aromatic N) is 1. The molecule has 3 rings (SSSR count). The number of likely N-dealkylation sites (tertiary alicyclic amines) is 1. The van der Waals surface area contributed by atoms with Crippen LogP contribution >= 0.6 is 15.9 Å². The first kappa shape index (κ1) is 22.1. The van der Waals surface area contributed by atoms with Gasteiger partial charge in [-0.1, -0.05) is 35.7 Å². The predicted octanol–water partition coefficient (Wildman–Crippen LogP) is 3.50. The van der Waals surface area contributed by atoms with Gasteiger partial charge < -0.3 is 18.9 Å². The molecule has 0 saturated carbocycles. The monoisotopic (exact) mass is 469 g/mol. The van der Waals surface area contributed by atoms with E-state index in [4.69, 9.17) is 18.9 Å². The quantitative estimate of drug-likeness (QED) is 0.311. The Kier molecular flexibility index (Phi) is 7.54. The third-order valence-electron chi connectivity index (χ3n) is 5.50. The molecule has 0 bridgehead atoms. The molecule has 2 saturated heterocycles. The van der Waals surface area contributed by atoms with Crippen molar-refractivity contribution in [1.82, 2.24) is 4.90 Å². The van der Waals surface area contributed by atoms with Crippen molar-refractivity contribution in [1.29, 1.82) is 0 Å². The summed E-state index contributed by atoms with van der Waals surface area (Å²) < 4.78 is 23.6. The molecule has 1 aromatic rings. The largest absolute Gasteiger partial charge is 0.494 e. The number of ether oxygens (including phenoxy) is 4. The molecule has 2 heterocycles. The van der Waals surface area contributed by atoms with Gasteiger partial charge in [-0.25, -0.2) is 14.5 Å². The topological polar surface area (TPSA) is 74.3 Å². The average Bonchev–Trinajstić information content (AvgIpc) is 3.00. The van der Waals surface area contributed by atoms with Gasteiger partial charge in [-0.05, 0) is 49.4 Å². The third kappa shape index (κ3) is 4.92. The highest BCUT2D eigenvalue weighted by Gasteiger charge is 2.62. The van der Waals surface area contributed by atoms with Gasteiger partial charge in [0.1, 0.15) is 5.75 Å². The normalized spacial score (nSPS) is 23.8. The number of unbranched alkanes of at least 4 members (excludes halogenated alkanes) is 2. The molecule has 7 nitrogen and oxygen atoms in total. The Bertz CT molecular complexity index is 694. The first-order valence-electron chi connectivity index (χ1n) is 10.1. The second kappa shape index (κ2) is 9.91. The number of hydrogen-bond acceptors (Lipinski definition) is 7. The highest BCUT2D eigenvalue weighted by Crippen LogP contribution is 2.41. The molecular weight excluding hydrogens is 442 g/mol. The fourth-order valence-corrected chi connectivity index (χ4v) is 4.30. The zero-order valence-electron chi connectivity index (χ0n) is 16.9. The number of methoxy groups -OCH3 is 1. The van der Waals surface area contributed by atoms with E-state index in [0.29, 0.717) is 26.1 Å². The van der Waals surface area contributed by atoms with Crippen molar-refractivity contribution >= 4 is 27.9 Å². The van der Waals surface area contributed by atoms with Crippen molar-refractivity contribution in [3.05, 3.63) is 28.7 Å². The fraction of sp³-hybridized carbons (Fsp3) is 0.619. The van der Waals surface area contributed by atoms with Crippen LogP contribution in [0.2, 0.25) is 0 Å². The molecule has 1 spiro atoms. The van der Waals surface area contributed by atoms with Crippen molar-refractivity contribution in [2.24, 2.45) is 5.92 Å². The molecule has 0 aliphatic carbocycles. The van der Waals surface area contributed by atoms with Gasteiger partial charge in [0.15, 0.2) is 6.10 Å². The van der Waals surface area contributed by atoms with Crippen LogP contribution < -0.4 is 4.74 Å². The number of benzene rings is 1. The molecule has 0 amide bonds. The van der Waals surface area contributed by atoms with Gasteiger partial charge in [-0.2, -0.15) is 0 Å². The minimum atomic E-state index is -1.48.